The molecule has 2 N–H and O–H groups in total. The fraction of sp³-hybridized carbons (Fsp3) is 0.824. The summed E-state index contributed by atoms with van der Waals surface area (Å²) in [4.78, 5) is 12.1. The number of carbonyl (C=O) groups is 1. The summed E-state index contributed by atoms with van der Waals surface area (Å²) in [6, 6.07) is 0. The SMILES string of the molecule is CCCCOC(=O)C(C(O)CC(O)C#CC(C)(C)C)[SiH](C)C. The summed E-state index contributed by atoms with van der Waals surface area (Å²) in [6.45, 7) is 12.3. The Bertz CT molecular complexity index is 390. The largest absolute Gasteiger partial charge is 0.466 e. The van der Waals surface area contributed by atoms with Gasteiger partial charge in [-0.2, -0.15) is 0 Å². The van der Waals surface area contributed by atoms with Gasteiger partial charge in [0.05, 0.1) is 27.0 Å². The maximum atomic E-state index is 12.1. The highest BCUT2D eigenvalue weighted by atomic mass is 28.3. The van der Waals surface area contributed by atoms with Gasteiger partial charge in [-0.1, -0.05) is 38.3 Å². The van der Waals surface area contributed by atoms with Crippen LogP contribution in [0.2, 0.25) is 18.6 Å². The number of carbonyl (C=O) groups excluding carboxylic acids is 1. The Morgan fingerprint density at radius 1 is 1.27 bits per heavy atom. The molecule has 3 atom stereocenters. The molecule has 0 aromatic rings. The molecule has 0 spiro atoms. The van der Waals surface area contributed by atoms with Gasteiger partial charge in [-0.05, 0) is 27.2 Å². The van der Waals surface area contributed by atoms with Gasteiger partial charge in [-0.25, -0.2) is 0 Å². The third-order valence-electron chi connectivity index (χ3n) is 3.23. The van der Waals surface area contributed by atoms with E-state index in [1.54, 1.807) is 0 Å². The van der Waals surface area contributed by atoms with Crippen molar-refractivity contribution in [3.63, 3.8) is 0 Å². The van der Waals surface area contributed by atoms with Crippen molar-refractivity contribution in [2.75, 3.05) is 6.61 Å². The van der Waals surface area contributed by atoms with E-state index >= 15 is 0 Å². The zero-order chi connectivity index (χ0) is 17.3. The van der Waals surface area contributed by atoms with Crippen LogP contribution in [0, 0.1) is 17.3 Å². The zero-order valence-electron chi connectivity index (χ0n) is 14.8. The predicted octanol–water partition coefficient (Wildman–Crippen LogP) is 2.35. The smallest absolute Gasteiger partial charge is 0.308 e. The quantitative estimate of drug-likeness (QED) is 0.311. The van der Waals surface area contributed by atoms with E-state index in [1.165, 1.54) is 0 Å². The van der Waals surface area contributed by atoms with Crippen molar-refractivity contribution < 1.29 is 19.7 Å². The first-order valence-corrected chi connectivity index (χ1v) is 11.1. The molecule has 0 aliphatic heterocycles. The van der Waals surface area contributed by atoms with Crippen LogP contribution in [0.25, 0.3) is 0 Å². The molecule has 4 nitrogen and oxygen atoms in total. The maximum Gasteiger partial charge on any atom is 0.308 e. The number of hydrogen-bond acceptors (Lipinski definition) is 4. The molecule has 3 unspecified atom stereocenters. The van der Waals surface area contributed by atoms with Crippen LogP contribution in [-0.4, -0.2) is 43.8 Å². The van der Waals surface area contributed by atoms with E-state index in [0.29, 0.717) is 6.61 Å². The Kier molecular flexibility index (Phi) is 9.66. The van der Waals surface area contributed by atoms with Gasteiger partial charge in [-0.3, -0.25) is 4.79 Å². The summed E-state index contributed by atoms with van der Waals surface area (Å²) in [6.07, 6.45) is 0.0501. The highest BCUT2D eigenvalue weighted by molar-refractivity contribution is 6.61. The lowest BCUT2D eigenvalue weighted by atomic mass is 9.97. The van der Waals surface area contributed by atoms with Gasteiger partial charge in [0.25, 0.3) is 0 Å². The monoisotopic (exact) mass is 328 g/mol. The topological polar surface area (TPSA) is 66.8 Å². The first-order chi connectivity index (χ1) is 10.1. The first-order valence-electron chi connectivity index (χ1n) is 8.14. The van der Waals surface area contributed by atoms with E-state index in [9.17, 15) is 15.0 Å². The second-order valence-corrected chi connectivity index (χ2v) is 10.3. The molecule has 0 radical (unpaired) electrons. The minimum Gasteiger partial charge on any atom is -0.466 e. The van der Waals surface area contributed by atoms with Gasteiger partial charge in [0.2, 0.25) is 0 Å². The summed E-state index contributed by atoms with van der Waals surface area (Å²) >= 11 is 0. The molecule has 0 aliphatic rings. The van der Waals surface area contributed by atoms with Crippen molar-refractivity contribution in [1.82, 2.24) is 0 Å². The summed E-state index contributed by atoms with van der Waals surface area (Å²) in [7, 11) is -1.45. The lowest BCUT2D eigenvalue weighted by molar-refractivity contribution is -0.146. The second-order valence-electron chi connectivity index (χ2n) is 7.13. The van der Waals surface area contributed by atoms with Gasteiger partial charge in [-0.15, -0.1) is 0 Å². The molecule has 0 saturated carbocycles. The molecule has 22 heavy (non-hydrogen) atoms. The van der Waals surface area contributed by atoms with Crippen molar-refractivity contribution in [3.05, 3.63) is 0 Å². The lowest BCUT2D eigenvalue weighted by Crippen LogP contribution is -2.35. The summed E-state index contributed by atoms with van der Waals surface area (Å²) < 4.78 is 5.24. The third-order valence-corrected chi connectivity index (χ3v) is 5.38. The number of hydrogen-bond donors (Lipinski definition) is 2. The normalized spacial score (nSPS) is 15.7. The van der Waals surface area contributed by atoms with Crippen LogP contribution in [0.5, 0.6) is 0 Å². The molecular formula is C17H32O4Si. The fourth-order valence-electron chi connectivity index (χ4n) is 2.02. The molecule has 128 valence electrons. The van der Waals surface area contributed by atoms with Crippen LogP contribution < -0.4 is 0 Å². The molecule has 0 aromatic heterocycles. The predicted molar refractivity (Wildman–Crippen MR) is 92.4 cm³/mol. The number of aliphatic hydroxyl groups is 2. The van der Waals surface area contributed by atoms with Crippen molar-refractivity contribution in [3.8, 4) is 11.8 Å². The van der Waals surface area contributed by atoms with Gasteiger partial charge >= 0.3 is 5.97 Å². The third kappa shape index (κ3) is 9.24. The highest BCUT2D eigenvalue weighted by Crippen LogP contribution is 2.22. The van der Waals surface area contributed by atoms with Gasteiger partial charge < -0.3 is 14.9 Å². The van der Waals surface area contributed by atoms with Gasteiger partial charge in [0.15, 0.2) is 0 Å². The van der Waals surface area contributed by atoms with Crippen LogP contribution in [-0.2, 0) is 9.53 Å². The van der Waals surface area contributed by atoms with Crippen molar-refractivity contribution in [1.29, 1.82) is 0 Å². The molecule has 0 saturated heterocycles. The standard InChI is InChI=1S/C17H32O4Si/c1-7-8-11-21-16(20)15(22(5)6)14(19)12-13(18)9-10-17(2,3)4/h13-15,18-19,22H,7-8,11-12H2,1-6H3. The van der Waals surface area contributed by atoms with Gasteiger partial charge in [0, 0.05) is 11.8 Å². The number of esters is 1. The van der Waals surface area contributed by atoms with E-state index < -0.39 is 26.5 Å². The summed E-state index contributed by atoms with van der Waals surface area (Å²) in [5.74, 6) is 5.36. The number of unbranched alkanes of at least 4 members (excludes halogenated alkanes) is 1. The molecule has 0 fully saturated rings. The zero-order valence-corrected chi connectivity index (χ0v) is 16.0. The molecular weight excluding hydrogens is 296 g/mol. The summed E-state index contributed by atoms with van der Waals surface area (Å²) in [5, 5.41) is 20.3. The van der Waals surface area contributed by atoms with Crippen LogP contribution >= 0.6 is 0 Å². The minimum absolute atomic E-state index is 0.0851. The summed E-state index contributed by atoms with van der Waals surface area (Å²) in [5.41, 5.74) is -0.694. The molecule has 0 rings (SSSR count). The fourth-order valence-corrected chi connectivity index (χ4v) is 3.71. The number of aliphatic hydroxyl groups excluding tert-OH is 2. The first kappa shape index (κ1) is 21.2. The Morgan fingerprint density at radius 2 is 1.86 bits per heavy atom. The average Bonchev–Trinajstić information content (AvgIpc) is 2.35. The molecule has 0 heterocycles. The van der Waals surface area contributed by atoms with Gasteiger partial charge in [0.1, 0.15) is 6.10 Å². The Labute approximate surface area is 136 Å². The van der Waals surface area contributed by atoms with E-state index in [4.69, 9.17) is 4.74 Å². The van der Waals surface area contributed by atoms with Crippen molar-refractivity contribution in [2.45, 2.75) is 77.8 Å². The Balaban J connectivity index is 4.68. The molecule has 0 aromatic carbocycles. The van der Waals surface area contributed by atoms with Crippen LogP contribution in [0.4, 0.5) is 0 Å². The Morgan fingerprint density at radius 3 is 2.32 bits per heavy atom. The second kappa shape index (κ2) is 10.0. The van der Waals surface area contributed by atoms with Crippen LogP contribution in [0.1, 0.15) is 47.0 Å². The van der Waals surface area contributed by atoms with Crippen LogP contribution in [0.3, 0.4) is 0 Å². The Hall–Kier alpha value is -0.833. The number of ether oxygens (including phenoxy) is 1. The number of rotatable bonds is 8. The van der Waals surface area contributed by atoms with Crippen LogP contribution in [0.15, 0.2) is 0 Å². The lowest BCUT2D eigenvalue weighted by Gasteiger charge is -2.24. The molecule has 0 aliphatic carbocycles. The minimum atomic E-state index is -1.45. The molecule has 0 bridgehead atoms. The maximum absolute atomic E-state index is 12.1. The van der Waals surface area contributed by atoms with Crippen molar-refractivity contribution in [2.24, 2.45) is 5.41 Å². The average molecular weight is 329 g/mol. The highest BCUT2D eigenvalue weighted by Gasteiger charge is 2.32. The van der Waals surface area contributed by atoms with Crippen molar-refractivity contribution >= 4 is 14.8 Å². The van der Waals surface area contributed by atoms with E-state index in [-0.39, 0.29) is 17.8 Å². The molecule has 5 heteroatoms. The van der Waals surface area contributed by atoms with E-state index in [1.807, 2.05) is 40.8 Å². The molecule has 0 amide bonds. The van der Waals surface area contributed by atoms with E-state index in [2.05, 4.69) is 11.8 Å². The van der Waals surface area contributed by atoms with E-state index in [0.717, 1.165) is 12.8 Å².